The van der Waals surface area contributed by atoms with Gasteiger partial charge in [-0.1, -0.05) is 27.2 Å². The van der Waals surface area contributed by atoms with Gasteiger partial charge in [0.25, 0.3) is 0 Å². The molecule has 3 aliphatic carbocycles. The second-order valence-electron chi connectivity index (χ2n) is 7.91. The molecule has 3 aliphatic rings. The standard InChI is InChI=1S/C16H27NO/c1-10-5-6-11-13(10)14-12(15(14,2)3)7-8-16(11,4)17-9-18/h9-14H,5-8H2,1-4H3,(H,17,18)/t10-,11-,12-,13-,14-,16-/m1/s1. The van der Waals surface area contributed by atoms with Crippen LogP contribution in [0.1, 0.15) is 53.4 Å². The Bertz CT molecular complexity index is 364. The summed E-state index contributed by atoms with van der Waals surface area (Å²) in [5.74, 6) is 4.20. The van der Waals surface area contributed by atoms with E-state index in [9.17, 15) is 4.79 Å². The van der Waals surface area contributed by atoms with Gasteiger partial charge in [0, 0.05) is 5.54 Å². The van der Waals surface area contributed by atoms with Crippen LogP contribution in [0.2, 0.25) is 0 Å². The van der Waals surface area contributed by atoms with Gasteiger partial charge in [-0.15, -0.1) is 0 Å². The number of carbonyl (C=O) groups is 1. The Morgan fingerprint density at radius 3 is 2.50 bits per heavy atom. The van der Waals surface area contributed by atoms with Crippen LogP contribution in [-0.2, 0) is 4.79 Å². The first-order valence-electron chi connectivity index (χ1n) is 7.63. The summed E-state index contributed by atoms with van der Waals surface area (Å²) in [5, 5.41) is 3.18. The molecule has 6 atom stereocenters. The molecule has 2 heteroatoms. The first-order valence-corrected chi connectivity index (χ1v) is 7.63. The lowest BCUT2D eigenvalue weighted by atomic mass is 9.72. The zero-order chi connectivity index (χ0) is 13.1. The summed E-state index contributed by atoms with van der Waals surface area (Å²) >= 11 is 0. The molecule has 0 aromatic heterocycles. The number of nitrogens with one attached hydrogen (secondary N) is 1. The van der Waals surface area contributed by atoms with Gasteiger partial charge in [0.15, 0.2) is 0 Å². The Kier molecular flexibility index (Phi) is 2.60. The number of rotatable bonds is 2. The van der Waals surface area contributed by atoms with E-state index in [2.05, 4.69) is 33.0 Å². The van der Waals surface area contributed by atoms with E-state index in [-0.39, 0.29) is 5.54 Å². The summed E-state index contributed by atoms with van der Waals surface area (Å²) in [6, 6.07) is 0. The molecule has 18 heavy (non-hydrogen) atoms. The Labute approximate surface area is 111 Å². The molecule has 102 valence electrons. The van der Waals surface area contributed by atoms with Crippen LogP contribution in [0.25, 0.3) is 0 Å². The van der Waals surface area contributed by atoms with E-state index in [0.717, 1.165) is 30.1 Å². The highest BCUT2D eigenvalue weighted by Crippen LogP contribution is 2.71. The van der Waals surface area contributed by atoms with Crippen molar-refractivity contribution in [1.29, 1.82) is 0 Å². The van der Waals surface area contributed by atoms with Crippen molar-refractivity contribution in [1.82, 2.24) is 5.32 Å². The second kappa shape index (κ2) is 3.74. The predicted octanol–water partition coefficient (Wildman–Crippen LogP) is 3.22. The molecule has 0 saturated heterocycles. The van der Waals surface area contributed by atoms with Gasteiger partial charge in [-0.25, -0.2) is 0 Å². The second-order valence-corrected chi connectivity index (χ2v) is 7.91. The molecule has 0 unspecified atom stereocenters. The van der Waals surface area contributed by atoms with Gasteiger partial charge >= 0.3 is 0 Å². The lowest BCUT2D eigenvalue weighted by molar-refractivity contribution is -0.112. The molecule has 3 saturated carbocycles. The van der Waals surface area contributed by atoms with Gasteiger partial charge in [0.1, 0.15) is 0 Å². The first-order chi connectivity index (χ1) is 8.42. The molecular formula is C16H27NO. The van der Waals surface area contributed by atoms with Crippen molar-refractivity contribution in [2.45, 2.75) is 58.9 Å². The van der Waals surface area contributed by atoms with Crippen LogP contribution < -0.4 is 5.32 Å². The van der Waals surface area contributed by atoms with E-state index in [0.29, 0.717) is 11.3 Å². The van der Waals surface area contributed by atoms with Crippen molar-refractivity contribution in [2.75, 3.05) is 0 Å². The molecule has 0 bridgehead atoms. The first kappa shape index (κ1) is 12.5. The van der Waals surface area contributed by atoms with Gasteiger partial charge in [-0.3, -0.25) is 4.79 Å². The van der Waals surface area contributed by atoms with Crippen LogP contribution in [-0.4, -0.2) is 11.9 Å². The van der Waals surface area contributed by atoms with Crippen molar-refractivity contribution in [3.63, 3.8) is 0 Å². The summed E-state index contributed by atoms with van der Waals surface area (Å²) in [6.07, 6.45) is 6.06. The van der Waals surface area contributed by atoms with Crippen molar-refractivity contribution in [3.05, 3.63) is 0 Å². The van der Waals surface area contributed by atoms with Gasteiger partial charge in [0.2, 0.25) is 6.41 Å². The third kappa shape index (κ3) is 1.50. The Morgan fingerprint density at radius 2 is 1.83 bits per heavy atom. The van der Waals surface area contributed by atoms with Crippen LogP contribution in [0.3, 0.4) is 0 Å². The number of amides is 1. The summed E-state index contributed by atoms with van der Waals surface area (Å²) in [6.45, 7) is 9.64. The minimum atomic E-state index is 0.0562. The maximum atomic E-state index is 11.0. The van der Waals surface area contributed by atoms with Gasteiger partial charge in [-0.05, 0) is 61.2 Å². The largest absolute Gasteiger partial charge is 0.353 e. The summed E-state index contributed by atoms with van der Waals surface area (Å²) in [4.78, 5) is 11.0. The van der Waals surface area contributed by atoms with Crippen LogP contribution in [0.4, 0.5) is 0 Å². The lowest BCUT2D eigenvalue weighted by Crippen LogP contribution is -2.49. The molecule has 0 radical (unpaired) electrons. The number of hydrogen-bond donors (Lipinski definition) is 1. The zero-order valence-electron chi connectivity index (χ0n) is 12.2. The van der Waals surface area contributed by atoms with Gasteiger partial charge < -0.3 is 5.32 Å². The maximum absolute atomic E-state index is 11.0. The topological polar surface area (TPSA) is 29.1 Å². The number of hydrogen-bond acceptors (Lipinski definition) is 1. The molecule has 0 heterocycles. The minimum Gasteiger partial charge on any atom is -0.353 e. The van der Waals surface area contributed by atoms with E-state index < -0.39 is 0 Å². The molecule has 0 aromatic rings. The van der Waals surface area contributed by atoms with E-state index >= 15 is 0 Å². The molecule has 2 nitrogen and oxygen atoms in total. The quantitative estimate of drug-likeness (QED) is 0.748. The van der Waals surface area contributed by atoms with Gasteiger partial charge in [-0.2, -0.15) is 0 Å². The minimum absolute atomic E-state index is 0.0562. The molecule has 3 fully saturated rings. The molecule has 0 aromatic carbocycles. The van der Waals surface area contributed by atoms with Crippen molar-refractivity contribution in [2.24, 2.45) is 35.0 Å². The average Bonchev–Trinajstić information content (AvgIpc) is 2.65. The molecule has 3 rings (SSSR count). The maximum Gasteiger partial charge on any atom is 0.207 e. The van der Waals surface area contributed by atoms with Crippen LogP contribution >= 0.6 is 0 Å². The highest BCUT2D eigenvalue weighted by atomic mass is 16.1. The molecule has 1 amide bonds. The molecule has 0 aliphatic heterocycles. The smallest absolute Gasteiger partial charge is 0.207 e. The number of fused-ring (bicyclic) bond motifs is 3. The van der Waals surface area contributed by atoms with Crippen molar-refractivity contribution < 1.29 is 4.79 Å². The average molecular weight is 249 g/mol. The van der Waals surface area contributed by atoms with E-state index in [1.165, 1.54) is 25.7 Å². The van der Waals surface area contributed by atoms with E-state index in [4.69, 9.17) is 0 Å². The van der Waals surface area contributed by atoms with Crippen molar-refractivity contribution in [3.8, 4) is 0 Å². The Hall–Kier alpha value is -0.530. The molecular weight excluding hydrogens is 222 g/mol. The summed E-state index contributed by atoms with van der Waals surface area (Å²) < 4.78 is 0. The Balaban J connectivity index is 1.92. The summed E-state index contributed by atoms with van der Waals surface area (Å²) in [7, 11) is 0. The number of carbonyl (C=O) groups excluding carboxylic acids is 1. The van der Waals surface area contributed by atoms with Crippen molar-refractivity contribution >= 4 is 6.41 Å². The highest BCUT2D eigenvalue weighted by molar-refractivity contribution is 5.48. The lowest BCUT2D eigenvalue weighted by Gasteiger charge is -2.39. The van der Waals surface area contributed by atoms with Crippen LogP contribution in [0, 0.1) is 35.0 Å². The van der Waals surface area contributed by atoms with E-state index in [1.54, 1.807) is 0 Å². The predicted molar refractivity (Wildman–Crippen MR) is 73.0 cm³/mol. The molecule has 1 N–H and O–H groups in total. The fourth-order valence-electron chi connectivity index (χ4n) is 5.63. The molecule has 0 spiro atoms. The van der Waals surface area contributed by atoms with E-state index in [1.807, 2.05) is 0 Å². The zero-order valence-corrected chi connectivity index (χ0v) is 12.2. The SMILES string of the molecule is C[C@@H]1CC[C@@H]2[C@@H]1[C@H]1[C@@H](CC[C@@]2(C)NC=O)C1(C)C. The van der Waals surface area contributed by atoms with Gasteiger partial charge in [0.05, 0.1) is 0 Å². The normalized spacial score (nSPS) is 53.0. The summed E-state index contributed by atoms with van der Waals surface area (Å²) in [5.41, 5.74) is 0.616. The highest BCUT2D eigenvalue weighted by Gasteiger charge is 2.66. The third-order valence-electron chi connectivity index (χ3n) is 6.79. The fourth-order valence-corrected chi connectivity index (χ4v) is 5.63. The third-order valence-corrected chi connectivity index (χ3v) is 6.79. The fraction of sp³-hybridized carbons (Fsp3) is 0.938. The van der Waals surface area contributed by atoms with Crippen LogP contribution in [0.5, 0.6) is 0 Å². The Morgan fingerprint density at radius 1 is 1.11 bits per heavy atom. The van der Waals surface area contributed by atoms with Crippen LogP contribution in [0.15, 0.2) is 0 Å². The monoisotopic (exact) mass is 249 g/mol.